The fourth-order valence-corrected chi connectivity index (χ4v) is 6.06. The van der Waals surface area contributed by atoms with Gasteiger partial charge in [0, 0.05) is 11.6 Å². The Morgan fingerprint density at radius 3 is 2.53 bits per heavy atom. The second-order valence-electron chi connectivity index (χ2n) is 11.1. The Morgan fingerprint density at radius 1 is 1.07 bits per heavy atom. The number of hydrogen-bond donors (Lipinski definition) is 1. The van der Waals surface area contributed by atoms with Crippen LogP contribution in [0.25, 0.3) is 5.69 Å². The summed E-state index contributed by atoms with van der Waals surface area (Å²) in [6, 6.07) is 10.7. The number of hydrogen-bond acceptors (Lipinski definition) is 6. The SMILES string of the molecule is C[C@H](Oc1cccc(-n2nc(C(F)(F)F)c3c2C(OC2CCC(C(=O)O)CC2)CCC3)c1)c1ccc2c(c1)OC(F)(F)O2. The molecule has 0 bridgehead atoms. The number of benzene rings is 2. The van der Waals surface area contributed by atoms with E-state index < -0.39 is 42.3 Å². The van der Waals surface area contributed by atoms with Crippen LogP contribution in [0.1, 0.15) is 80.2 Å². The van der Waals surface area contributed by atoms with Gasteiger partial charge in [-0.3, -0.25) is 4.79 Å². The van der Waals surface area contributed by atoms with Gasteiger partial charge in [-0.15, -0.1) is 8.78 Å². The molecule has 1 saturated carbocycles. The number of aromatic nitrogens is 2. The van der Waals surface area contributed by atoms with E-state index >= 15 is 0 Å². The van der Waals surface area contributed by atoms with Crippen LogP contribution in [0.15, 0.2) is 42.5 Å². The Balaban J connectivity index is 1.27. The highest BCUT2D eigenvalue weighted by Gasteiger charge is 2.44. The quantitative estimate of drug-likeness (QED) is 0.280. The highest BCUT2D eigenvalue weighted by atomic mass is 19.4. The molecule has 0 spiro atoms. The first-order chi connectivity index (χ1) is 20.4. The van der Waals surface area contributed by atoms with Crippen LogP contribution in [-0.4, -0.2) is 33.3 Å². The number of carboxylic acids is 1. The van der Waals surface area contributed by atoms with Crippen LogP contribution in [0.2, 0.25) is 0 Å². The first-order valence-corrected chi connectivity index (χ1v) is 14.1. The molecule has 1 unspecified atom stereocenters. The molecule has 3 aromatic rings. The molecule has 2 atom stereocenters. The summed E-state index contributed by atoms with van der Waals surface area (Å²) < 4.78 is 91.9. The van der Waals surface area contributed by atoms with Crippen molar-refractivity contribution in [1.29, 1.82) is 0 Å². The summed E-state index contributed by atoms with van der Waals surface area (Å²) in [4.78, 5) is 11.3. The van der Waals surface area contributed by atoms with E-state index in [-0.39, 0.29) is 29.6 Å². The standard InChI is InChI=1S/C30H29F5N2O6/c1-16(18-10-13-23-25(14-18)43-30(34,35)42-23)40-21-5-2-4-19(15-21)37-26-22(27(36-37)29(31,32)33)6-3-7-24(26)41-20-11-8-17(9-12-20)28(38)39/h2,4-5,10,13-17,20,24H,3,6-9,11-12H2,1H3,(H,38,39)/t16-,17?,20?,24?/m0/s1. The predicted octanol–water partition coefficient (Wildman–Crippen LogP) is 7.39. The zero-order chi connectivity index (χ0) is 30.5. The van der Waals surface area contributed by atoms with Crippen molar-refractivity contribution < 1.29 is 50.8 Å². The lowest BCUT2D eigenvalue weighted by Crippen LogP contribution is -2.29. The lowest BCUT2D eigenvalue weighted by atomic mass is 9.87. The summed E-state index contributed by atoms with van der Waals surface area (Å²) in [5, 5.41) is 13.3. The van der Waals surface area contributed by atoms with Crippen molar-refractivity contribution in [3.8, 4) is 22.9 Å². The Morgan fingerprint density at radius 2 is 1.81 bits per heavy atom. The highest BCUT2D eigenvalue weighted by molar-refractivity contribution is 5.70. The summed E-state index contributed by atoms with van der Waals surface area (Å²) in [7, 11) is 0. The normalized spacial score (nSPS) is 23.4. The van der Waals surface area contributed by atoms with E-state index in [1.165, 1.54) is 16.8 Å². The second kappa shape index (κ2) is 11.0. The molecule has 0 amide bonds. The number of carbonyl (C=O) groups is 1. The Kier molecular flexibility index (Phi) is 7.47. The maximum atomic E-state index is 14.1. The molecule has 3 aliphatic rings. The minimum Gasteiger partial charge on any atom is -0.486 e. The van der Waals surface area contributed by atoms with E-state index in [0.717, 1.165) is 0 Å². The molecular weight excluding hydrogens is 579 g/mol. The molecule has 0 radical (unpaired) electrons. The van der Waals surface area contributed by atoms with Crippen LogP contribution < -0.4 is 14.2 Å². The van der Waals surface area contributed by atoms with Crippen molar-refractivity contribution in [2.45, 2.75) is 82.7 Å². The number of carboxylic acid groups (broad SMARTS) is 1. The molecule has 1 aliphatic heterocycles. The van der Waals surface area contributed by atoms with E-state index in [4.69, 9.17) is 9.47 Å². The van der Waals surface area contributed by atoms with Gasteiger partial charge >= 0.3 is 18.4 Å². The zero-order valence-corrected chi connectivity index (χ0v) is 23.1. The summed E-state index contributed by atoms with van der Waals surface area (Å²) in [5.41, 5.74) is 0.335. The first kappa shape index (κ1) is 29.2. The first-order valence-electron chi connectivity index (χ1n) is 14.1. The molecule has 230 valence electrons. The van der Waals surface area contributed by atoms with Crippen molar-refractivity contribution in [1.82, 2.24) is 9.78 Å². The minimum absolute atomic E-state index is 0.0971. The molecule has 8 nitrogen and oxygen atoms in total. The summed E-state index contributed by atoms with van der Waals surface area (Å²) in [6.07, 6.45) is -6.82. The van der Waals surface area contributed by atoms with Crippen molar-refractivity contribution in [3.63, 3.8) is 0 Å². The number of fused-ring (bicyclic) bond motifs is 2. The Labute approximate surface area is 243 Å². The van der Waals surface area contributed by atoms with Gasteiger partial charge in [0.15, 0.2) is 17.2 Å². The molecule has 2 heterocycles. The smallest absolute Gasteiger partial charge is 0.486 e. The van der Waals surface area contributed by atoms with Gasteiger partial charge in [-0.25, -0.2) is 4.68 Å². The van der Waals surface area contributed by atoms with Crippen LogP contribution in [0.4, 0.5) is 22.0 Å². The number of halogens is 5. The highest BCUT2D eigenvalue weighted by Crippen LogP contribution is 2.44. The van der Waals surface area contributed by atoms with Gasteiger partial charge < -0.3 is 24.1 Å². The maximum Gasteiger partial charge on any atom is 0.586 e. The predicted molar refractivity (Wildman–Crippen MR) is 140 cm³/mol. The van der Waals surface area contributed by atoms with E-state index in [1.54, 1.807) is 37.3 Å². The van der Waals surface area contributed by atoms with Gasteiger partial charge in [-0.05, 0) is 81.7 Å². The average Bonchev–Trinajstić information content (AvgIpc) is 3.50. The molecule has 1 fully saturated rings. The number of alkyl halides is 5. The van der Waals surface area contributed by atoms with E-state index in [0.29, 0.717) is 61.2 Å². The van der Waals surface area contributed by atoms with Crippen molar-refractivity contribution in [2.75, 3.05) is 0 Å². The van der Waals surface area contributed by atoms with E-state index in [2.05, 4.69) is 14.6 Å². The average molecular weight is 609 g/mol. The maximum absolute atomic E-state index is 14.1. The summed E-state index contributed by atoms with van der Waals surface area (Å²) >= 11 is 0. The van der Waals surface area contributed by atoms with Gasteiger partial charge in [0.1, 0.15) is 18.0 Å². The van der Waals surface area contributed by atoms with Gasteiger partial charge in [0.25, 0.3) is 0 Å². The molecular formula is C30H29F5N2O6. The second-order valence-corrected chi connectivity index (χ2v) is 11.1. The summed E-state index contributed by atoms with van der Waals surface area (Å²) in [5.74, 6) is -1.18. The van der Waals surface area contributed by atoms with Crippen molar-refractivity contribution >= 4 is 5.97 Å². The third-order valence-corrected chi connectivity index (χ3v) is 8.14. The third-order valence-electron chi connectivity index (χ3n) is 8.14. The van der Waals surface area contributed by atoms with Crippen molar-refractivity contribution in [2.24, 2.45) is 5.92 Å². The lowest BCUT2D eigenvalue weighted by Gasteiger charge is -2.32. The fraction of sp³-hybridized carbons (Fsp3) is 0.467. The number of nitrogens with zero attached hydrogens (tertiary/aromatic N) is 2. The van der Waals surface area contributed by atoms with Gasteiger partial charge in [-0.1, -0.05) is 12.1 Å². The summed E-state index contributed by atoms with van der Waals surface area (Å²) in [6.45, 7) is 1.70. The molecule has 6 rings (SSSR count). The molecule has 2 aliphatic carbocycles. The van der Waals surface area contributed by atoms with E-state index in [9.17, 15) is 31.9 Å². The van der Waals surface area contributed by atoms with Gasteiger partial charge in [0.05, 0.1) is 23.4 Å². The molecule has 13 heteroatoms. The number of aliphatic carboxylic acids is 1. The van der Waals surface area contributed by atoms with Crippen LogP contribution in [0, 0.1) is 5.92 Å². The fourth-order valence-electron chi connectivity index (χ4n) is 6.06. The topological polar surface area (TPSA) is 92.0 Å². The van der Waals surface area contributed by atoms with E-state index in [1.807, 2.05) is 0 Å². The number of ether oxygens (including phenoxy) is 4. The van der Waals surface area contributed by atoms with Crippen LogP contribution in [0.5, 0.6) is 17.2 Å². The van der Waals surface area contributed by atoms with Crippen LogP contribution in [-0.2, 0) is 22.1 Å². The number of rotatable bonds is 7. The third kappa shape index (κ3) is 5.99. The van der Waals surface area contributed by atoms with Gasteiger partial charge in [0.2, 0.25) is 0 Å². The zero-order valence-electron chi connectivity index (χ0n) is 23.1. The Hall–Kier alpha value is -3.87. The minimum atomic E-state index is -4.67. The lowest BCUT2D eigenvalue weighted by molar-refractivity contribution is -0.286. The monoisotopic (exact) mass is 608 g/mol. The largest absolute Gasteiger partial charge is 0.586 e. The molecule has 1 aromatic heterocycles. The van der Waals surface area contributed by atoms with Crippen LogP contribution >= 0.6 is 0 Å². The van der Waals surface area contributed by atoms with Crippen molar-refractivity contribution in [3.05, 3.63) is 65.0 Å². The molecule has 2 aromatic carbocycles. The van der Waals surface area contributed by atoms with Gasteiger partial charge in [-0.2, -0.15) is 18.3 Å². The Bertz CT molecular complexity index is 1520. The molecule has 1 N–H and O–H groups in total. The molecule has 43 heavy (non-hydrogen) atoms. The van der Waals surface area contributed by atoms with Crippen LogP contribution in [0.3, 0.4) is 0 Å². The molecule has 0 saturated heterocycles.